The number of hydrogen-bond acceptors (Lipinski definition) is 5. The van der Waals surface area contributed by atoms with E-state index in [1.165, 1.54) is 24.0 Å². The van der Waals surface area contributed by atoms with Crippen LogP contribution in [0.1, 0.15) is 49.4 Å². The van der Waals surface area contributed by atoms with E-state index in [1.54, 1.807) is 0 Å². The van der Waals surface area contributed by atoms with E-state index in [1.807, 2.05) is 12.1 Å². The van der Waals surface area contributed by atoms with Crippen molar-refractivity contribution in [2.45, 2.75) is 52.5 Å². The molecular weight excluding hydrogens is 312 g/mol. The summed E-state index contributed by atoms with van der Waals surface area (Å²) in [7, 11) is 0. The summed E-state index contributed by atoms with van der Waals surface area (Å²) in [6.07, 6.45) is 2.37. The highest BCUT2D eigenvalue weighted by atomic mass is 16.3. The van der Waals surface area contributed by atoms with Gasteiger partial charge in [-0.3, -0.25) is 0 Å². The lowest BCUT2D eigenvalue weighted by molar-refractivity contribution is 0.248. The fraction of sp³-hybridized carbons (Fsp3) is 0.500. The highest BCUT2D eigenvalue weighted by Gasteiger charge is 2.26. The first kappa shape index (κ1) is 17.7. The van der Waals surface area contributed by atoms with Gasteiger partial charge in [-0.2, -0.15) is 4.98 Å². The van der Waals surface area contributed by atoms with Crippen LogP contribution in [0.25, 0.3) is 0 Å². The maximum Gasteiger partial charge on any atom is 0.225 e. The fourth-order valence-corrected chi connectivity index (χ4v) is 2.80. The molecule has 3 rings (SSSR count). The molecule has 0 spiro atoms. The molecule has 1 heterocycles. The van der Waals surface area contributed by atoms with Crippen LogP contribution < -0.4 is 10.6 Å². The average Bonchev–Trinajstić information content (AvgIpc) is 3.41. The normalized spacial score (nSPS) is 15.3. The minimum atomic E-state index is -0.0528. The quantitative estimate of drug-likeness (QED) is 0.706. The number of anilines is 3. The van der Waals surface area contributed by atoms with Crippen LogP contribution in [-0.2, 0) is 0 Å². The molecule has 0 bridgehead atoms. The Morgan fingerprint density at radius 2 is 1.96 bits per heavy atom. The van der Waals surface area contributed by atoms with E-state index in [-0.39, 0.29) is 12.6 Å². The number of hydrogen-bond donors (Lipinski definition) is 3. The average molecular weight is 340 g/mol. The van der Waals surface area contributed by atoms with Crippen molar-refractivity contribution in [2.24, 2.45) is 5.92 Å². The smallest absolute Gasteiger partial charge is 0.225 e. The molecule has 1 aliphatic carbocycles. The van der Waals surface area contributed by atoms with Gasteiger partial charge in [-0.15, -0.1) is 0 Å². The molecule has 5 nitrogen and oxygen atoms in total. The number of aryl methyl sites for hydroxylation is 1. The number of nitrogens with zero attached hydrogens (tertiary/aromatic N) is 2. The summed E-state index contributed by atoms with van der Waals surface area (Å²) in [4.78, 5) is 9.31. The molecule has 3 N–H and O–H groups in total. The number of aromatic nitrogens is 2. The van der Waals surface area contributed by atoms with Crippen molar-refractivity contribution in [1.29, 1.82) is 0 Å². The topological polar surface area (TPSA) is 70.1 Å². The Morgan fingerprint density at radius 1 is 1.20 bits per heavy atom. The van der Waals surface area contributed by atoms with Crippen molar-refractivity contribution in [3.63, 3.8) is 0 Å². The van der Waals surface area contributed by atoms with E-state index >= 15 is 0 Å². The zero-order valence-electron chi connectivity index (χ0n) is 15.5. The third kappa shape index (κ3) is 4.28. The molecule has 134 valence electrons. The van der Waals surface area contributed by atoms with Gasteiger partial charge in [0.1, 0.15) is 5.82 Å². The monoisotopic (exact) mass is 340 g/mol. The van der Waals surface area contributed by atoms with Gasteiger partial charge in [0.05, 0.1) is 18.3 Å². The summed E-state index contributed by atoms with van der Waals surface area (Å²) in [5.41, 5.74) is 4.61. The maximum atomic E-state index is 9.59. The number of aliphatic hydroxyl groups excluding tert-OH is 1. The Balaban J connectivity index is 1.89. The Kier molecular flexibility index (Phi) is 5.23. The van der Waals surface area contributed by atoms with Gasteiger partial charge in [-0.25, -0.2) is 4.98 Å². The van der Waals surface area contributed by atoms with Crippen LogP contribution in [0.3, 0.4) is 0 Å². The van der Waals surface area contributed by atoms with E-state index in [0.717, 1.165) is 17.2 Å². The zero-order chi connectivity index (χ0) is 18.0. The summed E-state index contributed by atoms with van der Waals surface area (Å²) >= 11 is 0. The lowest BCUT2D eigenvalue weighted by Crippen LogP contribution is -2.30. The summed E-state index contributed by atoms with van der Waals surface area (Å²) < 4.78 is 0. The van der Waals surface area contributed by atoms with Crippen molar-refractivity contribution in [1.82, 2.24) is 9.97 Å². The second-order valence-electron chi connectivity index (χ2n) is 7.33. The minimum absolute atomic E-state index is 0.0528. The van der Waals surface area contributed by atoms with Crippen molar-refractivity contribution in [2.75, 3.05) is 17.2 Å². The van der Waals surface area contributed by atoms with Gasteiger partial charge >= 0.3 is 0 Å². The molecule has 1 saturated carbocycles. The number of aliphatic hydroxyl groups is 1. The molecule has 0 unspecified atom stereocenters. The summed E-state index contributed by atoms with van der Waals surface area (Å²) in [6.45, 7) is 8.44. The molecule has 1 aromatic carbocycles. The van der Waals surface area contributed by atoms with Gasteiger partial charge < -0.3 is 15.7 Å². The minimum Gasteiger partial charge on any atom is -0.394 e. The number of benzene rings is 1. The molecule has 1 aromatic heterocycles. The predicted octanol–water partition coefficient (Wildman–Crippen LogP) is 4.14. The molecule has 0 saturated heterocycles. The van der Waals surface area contributed by atoms with Crippen LogP contribution in [0.2, 0.25) is 0 Å². The van der Waals surface area contributed by atoms with E-state index < -0.39 is 0 Å². The Hall–Kier alpha value is -2.14. The molecule has 1 aliphatic rings. The van der Waals surface area contributed by atoms with Crippen molar-refractivity contribution in [3.8, 4) is 0 Å². The Morgan fingerprint density at radius 3 is 2.60 bits per heavy atom. The highest BCUT2D eigenvalue weighted by Crippen LogP contribution is 2.40. The molecular formula is C20H28N4O. The van der Waals surface area contributed by atoms with E-state index in [9.17, 15) is 5.11 Å². The van der Waals surface area contributed by atoms with Gasteiger partial charge in [0.2, 0.25) is 5.95 Å². The molecule has 5 heteroatoms. The second kappa shape index (κ2) is 7.40. The Bertz CT molecular complexity index is 740. The largest absolute Gasteiger partial charge is 0.394 e. The van der Waals surface area contributed by atoms with Crippen LogP contribution >= 0.6 is 0 Å². The molecule has 1 fully saturated rings. The summed E-state index contributed by atoms with van der Waals surface area (Å²) in [6, 6.07) is 8.22. The zero-order valence-corrected chi connectivity index (χ0v) is 15.5. The first-order valence-electron chi connectivity index (χ1n) is 9.07. The lowest BCUT2D eigenvalue weighted by atomic mass is 10.1. The third-order valence-electron chi connectivity index (χ3n) is 4.92. The van der Waals surface area contributed by atoms with Crippen LogP contribution in [0, 0.1) is 19.8 Å². The molecule has 0 radical (unpaired) electrons. The first-order chi connectivity index (χ1) is 12.0. The number of nitrogens with one attached hydrogen (secondary N) is 2. The lowest BCUT2D eigenvalue weighted by Gasteiger charge is -2.21. The van der Waals surface area contributed by atoms with Gasteiger partial charge in [0.25, 0.3) is 0 Å². The van der Waals surface area contributed by atoms with Gasteiger partial charge in [-0.1, -0.05) is 26.0 Å². The predicted molar refractivity (Wildman–Crippen MR) is 103 cm³/mol. The van der Waals surface area contributed by atoms with Gasteiger partial charge in [0.15, 0.2) is 0 Å². The second-order valence-corrected chi connectivity index (χ2v) is 7.33. The molecule has 1 atom stereocenters. The van der Waals surface area contributed by atoms with E-state index in [0.29, 0.717) is 17.8 Å². The molecule has 0 amide bonds. The van der Waals surface area contributed by atoms with Gasteiger partial charge in [-0.05, 0) is 49.8 Å². The van der Waals surface area contributed by atoms with Crippen LogP contribution in [-0.4, -0.2) is 27.7 Å². The fourth-order valence-electron chi connectivity index (χ4n) is 2.80. The summed E-state index contributed by atoms with van der Waals surface area (Å²) in [5.74, 6) is 2.22. The van der Waals surface area contributed by atoms with Crippen LogP contribution in [0.5, 0.6) is 0 Å². The Labute approximate surface area is 149 Å². The van der Waals surface area contributed by atoms with Crippen molar-refractivity contribution >= 4 is 17.5 Å². The van der Waals surface area contributed by atoms with Crippen molar-refractivity contribution in [3.05, 3.63) is 41.1 Å². The van der Waals surface area contributed by atoms with Gasteiger partial charge in [0, 0.05) is 17.7 Å². The van der Waals surface area contributed by atoms with E-state index in [4.69, 9.17) is 0 Å². The molecule has 0 aliphatic heterocycles. The van der Waals surface area contributed by atoms with Crippen LogP contribution in [0.15, 0.2) is 24.3 Å². The SMILES string of the molecule is Cc1cccc(Nc2cc(C3CC3)nc(N[C@@H](CO)C(C)C)n2)c1C. The van der Waals surface area contributed by atoms with Crippen LogP contribution in [0.4, 0.5) is 17.5 Å². The van der Waals surface area contributed by atoms with Crippen molar-refractivity contribution < 1.29 is 5.11 Å². The van der Waals surface area contributed by atoms with E-state index in [2.05, 4.69) is 60.4 Å². The molecule has 25 heavy (non-hydrogen) atoms. The third-order valence-corrected chi connectivity index (χ3v) is 4.92. The molecule has 2 aromatic rings. The summed E-state index contributed by atoms with van der Waals surface area (Å²) in [5, 5.41) is 16.3. The highest BCUT2D eigenvalue weighted by molar-refractivity contribution is 5.63. The standard InChI is InChI=1S/C20H28N4O/c1-12(2)18(11-25)23-20-22-17(15-8-9-15)10-19(24-20)21-16-7-5-6-13(3)14(16)4/h5-7,10,12,15,18,25H,8-9,11H2,1-4H3,(H2,21,22,23,24)/t18-/m0/s1. The first-order valence-corrected chi connectivity index (χ1v) is 9.07. The maximum absolute atomic E-state index is 9.59. The number of rotatable bonds is 7.